The molecule has 0 amide bonds. The van der Waals surface area contributed by atoms with Gasteiger partial charge < -0.3 is 19.9 Å². The predicted molar refractivity (Wildman–Crippen MR) is 140 cm³/mol. The summed E-state index contributed by atoms with van der Waals surface area (Å²) in [7, 11) is 0. The summed E-state index contributed by atoms with van der Waals surface area (Å²) < 4.78 is 6.09. The van der Waals surface area contributed by atoms with Crippen molar-refractivity contribution in [3.05, 3.63) is 46.5 Å². The first-order valence-electron chi connectivity index (χ1n) is 11.1. The summed E-state index contributed by atoms with van der Waals surface area (Å²) in [6.07, 6.45) is 3.54. The molecule has 1 unspecified atom stereocenters. The summed E-state index contributed by atoms with van der Waals surface area (Å²) in [6, 6.07) is 8.50. The van der Waals surface area contributed by atoms with Gasteiger partial charge >= 0.3 is 0 Å². The minimum absolute atomic E-state index is 0. The van der Waals surface area contributed by atoms with Crippen molar-refractivity contribution in [3.63, 3.8) is 0 Å². The lowest BCUT2D eigenvalue weighted by Gasteiger charge is -2.35. The number of nitrogens with one attached hydrogen (secondary N) is 1. The Balaban J connectivity index is 0.00000272. The molecule has 2 aliphatic rings. The lowest BCUT2D eigenvalue weighted by Crippen LogP contribution is -2.48. The second-order valence-electron chi connectivity index (χ2n) is 7.96. The number of halogens is 1. The van der Waals surface area contributed by atoms with Crippen LogP contribution in [-0.4, -0.2) is 61.7 Å². The van der Waals surface area contributed by atoms with Gasteiger partial charge in [0.2, 0.25) is 0 Å². The van der Waals surface area contributed by atoms with Crippen molar-refractivity contribution >= 4 is 46.4 Å². The van der Waals surface area contributed by atoms with Gasteiger partial charge in [0.25, 0.3) is 0 Å². The standard InChI is InChI=1S/C23H33N5OS.HI/c1-3-24-22(25-11-10-19-17-30-23(26-19)27-12-6-7-13-27)28-14-15-29-21(16-28)20-9-5-4-8-18(20)2;/h4-5,8-9,17,21H,3,6-7,10-16H2,1-2H3,(H,24,25);1H. The fourth-order valence-corrected chi connectivity index (χ4v) is 5.06. The predicted octanol–water partition coefficient (Wildman–Crippen LogP) is 4.25. The Morgan fingerprint density at radius 1 is 1.26 bits per heavy atom. The molecule has 0 aliphatic carbocycles. The summed E-state index contributed by atoms with van der Waals surface area (Å²) in [4.78, 5) is 14.5. The monoisotopic (exact) mass is 555 g/mol. The summed E-state index contributed by atoms with van der Waals surface area (Å²) >= 11 is 1.77. The molecule has 0 bridgehead atoms. The summed E-state index contributed by atoms with van der Waals surface area (Å²) in [5.41, 5.74) is 3.71. The molecule has 1 atom stereocenters. The molecule has 8 heteroatoms. The van der Waals surface area contributed by atoms with Crippen LogP contribution < -0.4 is 10.2 Å². The van der Waals surface area contributed by atoms with Crippen molar-refractivity contribution in [1.29, 1.82) is 0 Å². The van der Waals surface area contributed by atoms with Crippen LogP contribution >= 0.6 is 35.3 Å². The normalized spacial score (nSPS) is 19.4. The first-order chi connectivity index (χ1) is 14.7. The SMILES string of the molecule is CCNC(=NCCc1csc(N2CCCC2)n1)N1CCOC(c2ccccc2C)C1.I. The van der Waals surface area contributed by atoms with Crippen LogP contribution in [0.4, 0.5) is 5.13 Å². The van der Waals surface area contributed by atoms with Gasteiger partial charge in [-0.2, -0.15) is 0 Å². The average molecular weight is 556 g/mol. The Morgan fingerprint density at radius 3 is 2.84 bits per heavy atom. The summed E-state index contributed by atoms with van der Waals surface area (Å²) in [5.74, 6) is 0.981. The van der Waals surface area contributed by atoms with Gasteiger partial charge in [-0.1, -0.05) is 24.3 Å². The van der Waals surface area contributed by atoms with E-state index in [1.807, 2.05) is 0 Å². The molecule has 1 aromatic heterocycles. The summed E-state index contributed by atoms with van der Waals surface area (Å²) in [5, 5.41) is 6.84. The van der Waals surface area contributed by atoms with E-state index >= 15 is 0 Å². The molecule has 31 heavy (non-hydrogen) atoms. The van der Waals surface area contributed by atoms with Gasteiger partial charge in [-0.05, 0) is 37.8 Å². The van der Waals surface area contributed by atoms with Crippen LogP contribution in [0.1, 0.15) is 42.7 Å². The van der Waals surface area contributed by atoms with E-state index < -0.39 is 0 Å². The number of anilines is 1. The van der Waals surface area contributed by atoms with Gasteiger partial charge in [0.05, 0.1) is 18.8 Å². The van der Waals surface area contributed by atoms with E-state index in [2.05, 4.69) is 58.6 Å². The number of guanidine groups is 1. The molecule has 0 radical (unpaired) electrons. The van der Waals surface area contributed by atoms with Gasteiger partial charge in [-0.25, -0.2) is 4.98 Å². The van der Waals surface area contributed by atoms with Crippen molar-refractivity contribution in [2.45, 2.75) is 39.2 Å². The third kappa shape index (κ3) is 6.32. The Morgan fingerprint density at radius 2 is 2.06 bits per heavy atom. The maximum Gasteiger partial charge on any atom is 0.194 e. The quantitative estimate of drug-likeness (QED) is 0.328. The molecule has 2 aliphatic heterocycles. The number of aliphatic imine (C=N–C) groups is 1. The Bertz CT molecular complexity index is 852. The molecule has 170 valence electrons. The topological polar surface area (TPSA) is 53.0 Å². The zero-order valence-electron chi connectivity index (χ0n) is 18.5. The first-order valence-corrected chi connectivity index (χ1v) is 12.0. The van der Waals surface area contributed by atoms with Crippen LogP contribution in [0.2, 0.25) is 0 Å². The van der Waals surface area contributed by atoms with E-state index in [-0.39, 0.29) is 30.1 Å². The summed E-state index contributed by atoms with van der Waals surface area (Å²) in [6.45, 7) is 10.6. The fraction of sp³-hybridized carbons (Fsp3) is 0.565. The van der Waals surface area contributed by atoms with Crippen LogP contribution in [0.3, 0.4) is 0 Å². The van der Waals surface area contributed by atoms with Crippen LogP contribution in [0.15, 0.2) is 34.6 Å². The first kappa shape index (κ1) is 24.3. The van der Waals surface area contributed by atoms with Crippen molar-refractivity contribution in [1.82, 2.24) is 15.2 Å². The van der Waals surface area contributed by atoms with E-state index in [1.165, 1.54) is 29.1 Å². The van der Waals surface area contributed by atoms with Gasteiger partial charge in [0.15, 0.2) is 11.1 Å². The van der Waals surface area contributed by atoms with E-state index in [0.717, 1.165) is 57.3 Å². The third-order valence-corrected chi connectivity index (χ3v) is 6.73. The molecular formula is C23H34IN5OS. The molecule has 1 aromatic carbocycles. The maximum atomic E-state index is 6.09. The molecule has 2 saturated heterocycles. The lowest BCUT2D eigenvalue weighted by atomic mass is 10.0. The molecule has 0 spiro atoms. The maximum absolute atomic E-state index is 6.09. The second-order valence-corrected chi connectivity index (χ2v) is 8.80. The van der Waals surface area contributed by atoms with E-state index in [0.29, 0.717) is 6.61 Å². The highest BCUT2D eigenvalue weighted by atomic mass is 127. The Labute approximate surface area is 207 Å². The number of hydrogen-bond acceptors (Lipinski definition) is 5. The largest absolute Gasteiger partial charge is 0.370 e. The highest BCUT2D eigenvalue weighted by Crippen LogP contribution is 2.26. The van der Waals surface area contributed by atoms with Crippen molar-refractivity contribution in [2.24, 2.45) is 4.99 Å². The molecule has 6 nitrogen and oxygen atoms in total. The van der Waals surface area contributed by atoms with Crippen molar-refractivity contribution in [2.75, 3.05) is 50.8 Å². The van der Waals surface area contributed by atoms with E-state index in [4.69, 9.17) is 14.7 Å². The average Bonchev–Trinajstić information content (AvgIpc) is 3.46. The van der Waals surface area contributed by atoms with Gasteiger partial charge in [0.1, 0.15) is 6.10 Å². The zero-order valence-corrected chi connectivity index (χ0v) is 21.7. The van der Waals surface area contributed by atoms with Crippen molar-refractivity contribution < 1.29 is 4.74 Å². The van der Waals surface area contributed by atoms with Crippen LogP contribution in [-0.2, 0) is 11.2 Å². The number of rotatable bonds is 6. The Kier molecular flexibility index (Phi) is 9.40. The molecule has 2 aromatic rings. The molecule has 4 rings (SSSR count). The molecular weight excluding hydrogens is 521 g/mol. The number of benzene rings is 1. The highest BCUT2D eigenvalue weighted by Gasteiger charge is 2.25. The van der Waals surface area contributed by atoms with E-state index in [1.54, 1.807) is 11.3 Å². The van der Waals surface area contributed by atoms with Gasteiger partial charge in [0, 0.05) is 44.5 Å². The second kappa shape index (κ2) is 12.0. The highest BCUT2D eigenvalue weighted by molar-refractivity contribution is 14.0. The number of aromatic nitrogens is 1. The third-order valence-electron chi connectivity index (χ3n) is 5.78. The van der Waals surface area contributed by atoms with E-state index in [9.17, 15) is 0 Å². The number of thiazole rings is 1. The van der Waals surface area contributed by atoms with Crippen LogP contribution in [0, 0.1) is 6.92 Å². The zero-order chi connectivity index (χ0) is 20.8. The van der Waals surface area contributed by atoms with Gasteiger partial charge in [-0.3, -0.25) is 4.99 Å². The van der Waals surface area contributed by atoms with Gasteiger partial charge in [-0.15, -0.1) is 35.3 Å². The van der Waals surface area contributed by atoms with Crippen LogP contribution in [0.5, 0.6) is 0 Å². The Hall–Kier alpha value is -1.39. The molecule has 0 saturated carbocycles. The molecule has 3 heterocycles. The smallest absolute Gasteiger partial charge is 0.194 e. The minimum Gasteiger partial charge on any atom is -0.370 e. The number of ether oxygens (including phenoxy) is 1. The van der Waals surface area contributed by atoms with Crippen molar-refractivity contribution in [3.8, 4) is 0 Å². The number of morpholine rings is 1. The lowest BCUT2D eigenvalue weighted by molar-refractivity contribution is -0.00832. The number of hydrogen-bond donors (Lipinski definition) is 1. The minimum atomic E-state index is 0. The number of nitrogens with zero attached hydrogens (tertiary/aromatic N) is 4. The fourth-order valence-electron chi connectivity index (χ4n) is 4.14. The molecule has 2 fully saturated rings. The van der Waals surface area contributed by atoms with Crippen LogP contribution in [0.25, 0.3) is 0 Å². The number of aryl methyl sites for hydroxylation is 1. The molecule has 1 N–H and O–H groups in total.